The summed E-state index contributed by atoms with van der Waals surface area (Å²) in [6, 6.07) is 5.64. The molecule has 1 aliphatic rings. The Morgan fingerprint density at radius 3 is 2.16 bits per heavy atom. The summed E-state index contributed by atoms with van der Waals surface area (Å²) in [5.41, 5.74) is 2.85. The normalized spacial score (nSPS) is 18.7. The van der Waals surface area contributed by atoms with Crippen molar-refractivity contribution in [1.82, 2.24) is 9.97 Å². The molecular formula is C29H43FN2. The molecule has 1 saturated carbocycles. The van der Waals surface area contributed by atoms with Crippen molar-refractivity contribution in [3.05, 3.63) is 47.5 Å². The monoisotopic (exact) mass is 438 g/mol. The summed E-state index contributed by atoms with van der Waals surface area (Å²) in [4.78, 5) is 9.06. The molecule has 0 saturated heterocycles. The minimum Gasteiger partial charge on any atom is -0.236 e. The molecule has 3 heteroatoms. The van der Waals surface area contributed by atoms with Gasteiger partial charge in [-0.1, -0.05) is 83.8 Å². The standard InChI is InChI=1S/C29H43FN2/c1-3-5-7-8-9-11-13-24-21-31-29(32-22-24)26-18-19-27(28(30)20-26)25-16-14-23(15-17-25)12-10-6-4-2/h18-23,25H,3-17H2,1-2H3/t23-,25-. The van der Waals surface area contributed by atoms with Crippen molar-refractivity contribution in [2.24, 2.45) is 5.92 Å². The van der Waals surface area contributed by atoms with E-state index in [2.05, 4.69) is 23.8 Å². The number of aryl methyl sites for hydroxylation is 1. The van der Waals surface area contributed by atoms with E-state index in [9.17, 15) is 4.39 Å². The van der Waals surface area contributed by atoms with Crippen molar-refractivity contribution in [1.29, 1.82) is 0 Å². The van der Waals surface area contributed by atoms with E-state index in [1.54, 1.807) is 6.07 Å². The van der Waals surface area contributed by atoms with Crippen LogP contribution in [0.15, 0.2) is 30.6 Å². The fourth-order valence-electron chi connectivity index (χ4n) is 5.18. The minimum atomic E-state index is -0.0864. The van der Waals surface area contributed by atoms with Crippen molar-refractivity contribution in [3.63, 3.8) is 0 Å². The van der Waals surface area contributed by atoms with E-state index in [-0.39, 0.29) is 5.82 Å². The van der Waals surface area contributed by atoms with Crippen LogP contribution in [0.4, 0.5) is 4.39 Å². The summed E-state index contributed by atoms with van der Waals surface area (Å²) in [6.45, 7) is 4.51. The van der Waals surface area contributed by atoms with Crippen LogP contribution in [0, 0.1) is 11.7 Å². The predicted octanol–water partition coefficient (Wildman–Crippen LogP) is 9.04. The Balaban J connectivity index is 1.49. The molecule has 176 valence electrons. The average Bonchev–Trinajstić information content (AvgIpc) is 2.82. The number of nitrogens with zero attached hydrogens (tertiary/aromatic N) is 2. The van der Waals surface area contributed by atoms with Gasteiger partial charge in [0.1, 0.15) is 5.82 Å². The number of hydrogen-bond acceptors (Lipinski definition) is 2. The second kappa shape index (κ2) is 13.7. The van der Waals surface area contributed by atoms with Crippen LogP contribution in [-0.4, -0.2) is 9.97 Å². The predicted molar refractivity (Wildman–Crippen MR) is 133 cm³/mol. The first-order valence-electron chi connectivity index (χ1n) is 13.3. The van der Waals surface area contributed by atoms with E-state index in [0.29, 0.717) is 11.7 Å². The third kappa shape index (κ3) is 7.67. The zero-order valence-electron chi connectivity index (χ0n) is 20.4. The molecule has 0 amide bonds. The first-order chi connectivity index (χ1) is 15.7. The summed E-state index contributed by atoms with van der Waals surface area (Å²) in [5.74, 6) is 1.76. The molecular weight excluding hydrogens is 395 g/mol. The van der Waals surface area contributed by atoms with Gasteiger partial charge in [0, 0.05) is 18.0 Å². The van der Waals surface area contributed by atoms with Gasteiger partial charge in [-0.3, -0.25) is 0 Å². The van der Waals surface area contributed by atoms with Crippen LogP contribution >= 0.6 is 0 Å². The van der Waals surface area contributed by atoms with E-state index in [0.717, 1.165) is 36.3 Å². The third-order valence-corrected chi connectivity index (χ3v) is 7.29. The van der Waals surface area contributed by atoms with Gasteiger partial charge >= 0.3 is 0 Å². The van der Waals surface area contributed by atoms with E-state index in [4.69, 9.17) is 0 Å². The van der Waals surface area contributed by atoms with Crippen LogP contribution in [0.1, 0.15) is 121 Å². The highest BCUT2D eigenvalue weighted by molar-refractivity contribution is 5.55. The lowest BCUT2D eigenvalue weighted by molar-refractivity contribution is 0.299. The number of rotatable bonds is 13. The van der Waals surface area contributed by atoms with Crippen LogP contribution in [0.3, 0.4) is 0 Å². The lowest BCUT2D eigenvalue weighted by Gasteiger charge is -2.29. The van der Waals surface area contributed by atoms with Crippen LogP contribution in [0.2, 0.25) is 0 Å². The second-order valence-corrected chi connectivity index (χ2v) is 9.88. The third-order valence-electron chi connectivity index (χ3n) is 7.29. The highest BCUT2D eigenvalue weighted by Gasteiger charge is 2.24. The van der Waals surface area contributed by atoms with Gasteiger partial charge in [-0.15, -0.1) is 0 Å². The Labute approximate surface area is 195 Å². The average molecular weight is 439 g/mol. The van der Waals surface area contributed by atoms with Crippen molar-refractivity contribution in [2.45, 2.75) is 116 Å². The quantitative estimate of drug-likeness (QED) is 0.291. The highest BCUT2D eigenvalue weighted by Crippen LogP contribution is 2.39. The van der Waals surface area contributed by atoms with Crippen molar-refractivity contribution < 1.29 is 4.39 Å². The molecule has 1 heterocycles. The van der Waals surface area contributed by atoms with Gasteiger partial charge in [-0.05, 0) is 67.6 Å². The van der Waals surface area contributed by atoms with E-state index < -0.39 is 0 Å². The Bertz CT molecular complexity index is 778. The smallest absolute Gasteiger partial charge is 0.159 e. The molecule has 0 radical (unpaired) electrons. The van der Waals surface area contributed by atoms with Gasteiger partial charge in [0.25, 0.3) is 0 Å². The van der Waals surface area contributed by atoms with Gasteiger partial charge in [0.05, 0.1) is 0 Å². The maximum absolute atomic E-state index is 15.0. The summed E-state index contributed by atoms with van der Waals surface area (Å²) < 4.78 is 15.0. The van der Waals surface area contributed by atoms with Crippen LogP contribution < -0.4 is 0 Å². The van der Waals surface area contributed by atoms with Crippen molar-refractivity contribution >= 4 is 0 Å². The summed E-state index contributed by atoms with van der Waals surface area (Å²) in [5, 5.41) is 0. The lowest BCUT2D eigenvalue weighted by atomic mass is 9.77. The Morgan fingerprint density at radius 2 is 1.47 bits per heavy atom. The van der Waals surface area contributed by atoms with Crippen LogP contribution in [-0.2, 0) is 6.42 Å². The molecule has 1 fully saturated rings. The topological polar surface area (TPSA) is 25.8 Å². The Hall–Kier alpha value is -1.77. The molecule has 0 N–H and O–H groups in total. The summed E-state index contributed by atoms with van der Waals surface area (Å²) in [6.07, 6.45) is 22.7. The largest absolute Gasteiger partial charge is 0.236 e. The molecule has 2 nitrogen and oxygen atoms in total. The number of halogens is 1. The Morgan fingerprint density at radius 1 is 0.812 bits per heavy atom. The van der Waals surface area contributed by atoms with Crippen LogP contribution in [0.5, 0.6) is 0 Å². The van der Waals surface area contributed by atoms with Crippen LogP contribution in [0.25, 0.3) is 11.4 Å². The zero-order chi connectivity index (χ0) is 22.6. The molecule has 1 aromatic heterocycles. The van der Waals surface area contributed by atoms with Gasteiger partial charge in [0.15, 0.2) is 5.82 Å². The molecule has 0 bridgehead atoms. The lowest BCUT2D eigenvalue weighted by Crippen LogP contribution is -2.14. The Kier molecular flexibility index (Phi) is 10.6. The van der Waals surface area contributed by atoms with Crippen molar-refractivity contribution in [2.75, 3.05) is 0 Å². The molecule has 2 aromatic rings. The van der Waals surface area contributed by atoms with Gasteiger partial charge in [0.2, 0.25) is 0 Å². The summed E-state index contributed by atoms with van der Waals surface area (Å²) >= 11 is 0. The van der Waals surface area contributed by atoms with E-state index in [1.807, 2.05) is 24.5 Å². The molecule has 1 aromatic carbocycles. The van der Waals surface area contributed by atoms with E-state index >= 15 is 0 Å². The minimum absolute atomic E-state index is 0.0864. The molecule has 0 atom stereocenters. The first-order valence-corrected chi connectivity index (χ1v) is 13.3. The molecule has 0 aliphatic heterocycles. The van der Waals surface area contributed by atoms with Crippen molar-refractivity contribution in [3.8, 4) is 11.4 Å². The first kappa shape index (κ1) is 24.9. The molecule has 0 spiro atoms. The van der Waals surface area contributed by atoms with Gasteiger partial charge in [-0.25, -0.2) is 14.4 Å². The fraction of sp³-hybridized carbons (Fsp3) is 0.655. The second-order valence-electron chi connectivity index (χ2n) is 9.88. The molecule has 1 aliphatic carbocycles. The van der Waals surface area contributed by atoms with E-state index in [1.165, 1.54) is 82.6 Å². The fourth-order valence-corrected chi connectivity index (χ4v) is 5.18. The van der Waals surface area contributed by atoms with Gasteiger partial charge in [-0.2, -0.15) is 0 Å². The highest BCUT2D eigenvalue weighted by atomic mass is 19.1. The summed E-state index contributed by atoms with van der Waals surface area (Å²) in [7, 11) is 0. The molecule has 3 rings (SSSR count). The maximum Gasteiger partial charge on any atom is 0.159 e. The maximum atomic E-state index is 15.0. The molecule has 32 heavy (non-hydrogen) atoms. The SMILES string of the molecule is CCCCCCCCc1cnc(-c2ccc([C@H]3CC[C@H](CCCCC)CC3)c(F)c2)nc1. The number of unbranched alkanes of at least 4 members (excludes halogenated alkanes) is 7. The number of hydrogen-bond donors (Lipinski definition) is 0. The molecule has 0 unspecified atom stereocenters. The number of benzene rings is 1. The van der Waals surface area contributed by atoms with Gasteiger partial charge < -0.3 is 0 Å². The number of aromatic nitrogens is 2. The zero-order valence-corrected chi connectivity index (χ0v) is 20.4.